The molecule has 1 aromatic heterocycles. The number of aromatic nitrogens is 2. The number of carbonyl (C=O) groups excluding carboxylic acids is 1. The highest BCUT2D eigenvalue weighted by Gasteiger charge is 2.16. The Kier molecular flexibility index (Phi) is 3.06. The molecule has 0 saturated heterocycles. The molecule has 0 atom stereocenters. The summed E-state index contributed by atoms with van der Waals surface area (Å²) in [4.78, 5) is 29.2. The predicted octanol–water partition coefficient (Wildman–Crippen LogP) is 3.16. The number of hydrogen-bond acceptors (Lipinski definition) is 2. The molecule has 0 aliphatic heterocycles. The van der Waals surface area contributed by atoms with Crippen LogP contribution >= 0.6 is 15.9 Å². The number of hydrogen-bond donors (Lipinski definition) is 2. The van der Waals surface area contributed by atoms with Crippen LogP contribution in [0.4, 0.5) is 0 Å². The van der Waals surface area contributed by atoms with Crippen molar-refractivity contribution in [2.75, 3.05) is 0 Å². The second-order valence-electron chi connectivity index (χ2n) is 4.60. The number of aryl methyl sites for hydroxylation is 1. The van der Waals surface area contributed by atoms with Gasteiger partial charge < -0.3 is 9.97 Å². The van der Waals surface area contributed by atoms with Gasteiger partial charge in [0.1, 0.15) is 0 Å². The molecule has 5 heteroatoms. The second-order valence-corrected chi connectivity index (χ2v) is 5.46. The van der Waals surface area contributed by atoms with E-state index in [0.29, 0.717) is 26.6 Å². The van der Waals surface area contributed by atoms with Gasteiger partial charge in [0.25, 0.3) is 0 Å². The van der Waals surface area contributed by atoms with Crippen molar-refractivity contribution in [3.63, 3.8) is 0 Å². The molecule has 0 amide bonds. The molecule has 0 radical (unpaired) electrons. The normalized spacial score (nSPS) is 10.9. The Labute approximate surface area is 123 Å². The molecule has 3 rings (SSSR count). The average Bonchev–Trinajstić information content (AvgIpc) is 2.76. The van der Waals surface area contributed by atoms with Gasteiger partial charge in [0.05, 0.1) is 11.0 Å². The van der Waals surface area contributed by atoms with E-state index in [2.05, 4.69) is 25.9 Å². The summed E-state index contributed by atoms with van der Waals surface area (Å²) in [7, 11) is 0. The Bertz CT molecular complexity index is 877. The van der Waals surface area contributed by atoms with Crippen molar-refractivity contribution in [1.29, 1.82) is 0 Å². The van der Waals surface area contributed by atoms with Crippen LogP contribution in [0.15, 0.2) is 45.7 Å². The van der Waals surface area contributed by atoms with Crippen LogP contribution in [0.5, 0.6) is 0 Å². The fraction of sp³-hybridized carbons (Fsp3) is 0.0667. The fourth-order valence-electron chi connectivity index (χ4n) is 2.20. The first-order valence-corrected chi connectivity index (χ1v) is 6.87. The molecular weight excluding hydrogens is 320 g/mol. The molecule has 0 aliphatic carbocycles. The van der Waals surface area contributed by atoms with Crippen molar-refractivity contribution in [3.8, 4) is 0 Å². The molecule has 4 nitrogen and oxygen atoms in total. The maximum atomic E-state index is 12.6. The third-order valence-corrected chi connectivity index (χ3v) is 3.89. The summed E-state index contributed by atoms with van der Waals surface area (Å²) < 4.78 is 0.661. The van der Waals surface area contributed by atoms with E-state index in [1.807, 2.05) is 25.1 Å². The van der Waals surface area contributed by atoms with E-state index < -0.39 is 0 Å². The van der Waals surface area contributed by atoms with Crippen LogP contribution in [0.3, 0.4) is 0 Å². The van der Waals surface area contributed by atoms with Crippen LogP contribution in [0.1, 0.15) is 21.5 Å². The van der Waals surface area contributed by atoms with Crippen LogP contribution in [0.25, 0.3) is 11.0 Å². The smallest absolute Gasteiger partial charge is 0.306 e. The van der Waals surface area contributed by atoms with Crippen LogP contribution in [0.2, 0.25) is 0 Å². The Balaban J connectivity index is 2.19. The first kappa shape index (κ1) is 12.9. The number of imidazole rings is 1. The zero-order chi connectivity index (χ0) is 14.3. The van der Waals surface area contributed by atoms with Gasteiger partial charge in [0.15, 0.2) is 5.78 Å². The summed E-state index contributed by atoms with van der Waals surface area (Å²) in [5, 5.41) is 0. The van der Waals surface area contributed by atoms with Crippen molar-refractivity contribution in [1.82, 2.24) is 9.97 Å². The molecule has 1 heterocycles. The minimum absolute atomic E-state index is 0.0704. The summed E-state index contributed by atoms with van der Waals surface area (Å²) in [5.74, 6) is -0.0704. The molecule has 3 aromatic rings. The van der Waals surface area contributed by atoms with Gasteiger partial charge in [-0.15, -0.1) is 0 Å². The van der Waals surface area contributed by atoms with Gasteiger partial charge in [-0.3, -0.25) is 4.79 Å². The number of halogens is 1. The number of benzene rings is 2. The standard InChI is InChI=1S/C15H11BrN2O2/c1-8-4-2-3-5-9(8)14(19)10-6-12-13(7-11(10)16)18-15(20)17-12/h2-7H,1H3,(H2,17,18,20). The number of aromatic amines is 2. The lowest BCUT2D eigenvalue weighted by molar-refractivity contribution is 0.103. The maximum Gasteiger partial charge on any atom is 0.323 e. The Morgan fingerprint density at radius 3 is 2.40 bits per heavy atom. The SMILES string of the molecule is Cc1ccccc1C(=O)c1cc2[nH]c(=O)[nH]c2cc1Br. The van der Waals surface area contributed by atoms with E-state index in [4.69, 9.17) is 0 Å². The first-order valence-electron chi connectivity index (χ1n) is 6.08. The van der Waals surface area contributed by atoms with E-state index in [1.165, 1.54) is 0 Å². The molecule has 2 N–H and O–H groups in total. The van der Waals surface area contributed by atoms with Gasteiger partial charge in [0.2, 0.25) is 0 Å². The molecule has 0 bridgehead atoms. The summed E-state index contributed by atoms with van der Waals surface area (Å²) in [6, 6.07) is 10.9. The largest absolute Gasteiger partial charge is 0.323 e. The Morgan fingerprint density at radius 2 is 1.70 bits per heavy atom. The lowest BCUT2D eigenvalue weighted by Gasteiger charge is -2.07. The van der Waals surface area contributed by atoms with Gasteiger partial charge in [0, 0.05) is 15.6 Å². The highest BCUT2D eigenvalue weighted by Crippen LogP contribution is 2.25. The second kappa shape index (κ2) is 4.76. The summed E-state index contributed by atoms with van der Waals surface area (Å²) >= 11 is 3.39. The number of ketones is 1. The molecule has 100 valence electrons. The molecule has 0 fully saturated rings. The number of fused-ring (bicyclic) bond motifs is 1. The number of rotatable bonds is 2. The summed E-state index contributed by atoms with van der Waals surface area (Å²) in [6.07, 6.45) is 0. The summed E-state index contributed by atoms with van der Waals surface area (Å²) in [5.41, 5.74) is 3.12. The van der Waals surface area contributed by atoms with E-state index >= 15 is 0 Å². The highest BCUT2D eigenvalue weighted by atomic mass is 79.9. The molecule has 0 spiro atoms. The average molecular weight is 331 g/mol. The molecular formula is C15H11BrN2O2. The van der Waals surface area contributed by atoms with E-state index in [9.17, 15) is 9.59 Å². The van der Waals surface area contributed by atoms with E-state index in [0.717, 1.165) is 5.56 Å². The molecule has 0 saturated carbocycles. The van der Waals surface area contributed by atoms with Crippen LogP contribution in [-0.2, 0) is 0 Å². The zero-order valence-corrected chi connectivity index (χ0v) is 12.2. The monoisotopic (exact) mass is 330 g/mol. The van der Waals surface area contributed by atoms with Gasteiger partial charge in [-0.1, -0.05) is 24.3 Å². The topological polar surface area (TPSA) is 65.7 Å². The fourth-order valence-corrected chi connectivity index (χ4v) is 2.73. The quantitative estimate of drug-likeness (QED) is 0.709. The third kappa shape index (κ3) is 2.10. The van der Waals surface area contributed by atoms with Crippen LogP contribution in [-0.4, -0.2) is 15.8 Å². The zero-order valence-electron chi connectivity index (χ0n) is 10.7. The molecule has 0 aliphatic rings. The Morgan fingerprint density at radius 1 is 1.05 bits per heavy atom. The minimum Gasteiger partial charge on any atom is -0.306 e. The predicted molar refractivity (Wildman–Crippen MR) is 81.2 cm³/mol. The highest BCUT2D eigenvalue weighted by molar-refractivity contribution is 9.10. The molecule has 20 heavy (non-hydrogen) atoms. The number of H-pyrrole nitrogens is 2. The van der Waals surface area contributed by atoms with Crippen molar-refractivity contribution in [2.45, 2.75) is 6.92 Å². The van der Waals surface area contributed by atoms with Gasteiger partial charge in [-0.2, -0.15) is 0 Å². The van der Waals surface area contributed by atoms with Crippen molar-refractivity contribution < 1.29 is 4.79 Å². The van der Waals surface area contributed by atoms with Crippen LogP contribution < -0.4 is 5.69 Å². The van der Waals surface area contributed by atoms with Gasteiger partial charge in [-0.05, 0) is 40.5 Å². The van der Waals surface area contributed by atoms with E-state index in [-0.39, 0.29) is 11.5 Å². The van der Waals surface area contributed by atoms with Crippen LogP contribution in [0, 0.1) is 6.92 Å². The molecule has 2 aromatic carbocycles. The van der Waals surface area contributed by atoms with Crippen molar-refractivity contribution in [2.24, 2.45) is 0 Å². The first-order chi connectivity index (χ1) is 9.56. The number of nitrogens with one attached hydrogen (secondary N) is 2. The Hall–Kier alpha value is -2.14. The van der Waals surface area contributed by atoms with Crippen molar-refractivity contribution in [3.05, 3.63) is 68.0 Å². The summed E-state index contributed by atoms with van der Waals surface area (Å²) in [6.45, 7) is 1.90. The minimum atomic E-state index is -0.285. The maximum absolute atomic E-state index is 12.6. The van der Waals surface area contributed by atoms with E-state index in [1.54, 1.807) is 18.2 Å². The molecule has 0 unspecified atom stereocenters. The van der Waals surface area contributed by atoms with Gasteiger partial charge >= 0.3 is 5.69 Å². The van der Waals surface area contributed by atoms with Crippen molar-refractivity contribution >= 4 is 32.7 Å². The lowest BCUT2D eigenvalue weighted by Crippen LogP contribution is -2.04. The lowest BCUT2D eigenvalue weighted by atomic mass is 9.99. The third-order valence-electron chi connectivity index (χ3n) is 3.24. The van der Waals surface area contributed by atoms with Gasteiger partial charge in [-0.25, -0.2) is 4.79 Å². The number of carbonyl (C=O) groups is 1.